The molecule has 1 spiro atoms. The molecule has 0 bridgehead atoms. The van der Waals surface area contributed by atoms with Crippen LogP contribution in [0.1, 0.15) is 39.5 Å². The van der Waals surface area contributed by atoms with Gasteiger partial charge >= 0.3 is 0 Å². The molecule has 2 heteroatoms. The van der Waals surface area contributed by atoms with Crippen molar-refractivity contribution in [2.24, 2.45) is 11.1 Å². The van der Waals surface area contributed by atoms with Crippen LogP contribution in [0.25, 0.3) is 0 Å². The van der Waals surface area contributed by atoms with Crippen molar-refractivity contribution in [3.8, 4) is 0 Å². The highest BCUT2D eigenvalue weighted by molar-refractivity contribution is 5.07. The Labute approximate surface area is 74.9 Å². The third-order valence-corrected chi connectivity index (χ3v) is 3.32. The van der Waals surface area contributed by atoms with E-state index in [0.717, 1.165) is 6.04 Å². The summed E-state index contributed by atoms with van der Waals surface area (Å²) in [7, 11) is 0. The molecular weight excluding hydrogens is 148 g/mol. The van der Waals surface area contributed by atoms with E-state index < -0.39 is 0 Å². The molecule has 0 aromatic carbocycles. The van der Waals surface area contributed by atoms with Crippen LogP contribution in [0.3, 0.4) is 0 Å². The van der Waals surface area contributed by atoms with E-state index in [1.807, 2.05) is 0 Å². The predicted molar refractivity (Wildman–Crippen MR) is 50.9 cm³/mol. The van der Waals surface area contributed by atoms with E-state index in [4.69, 9.17) is 5.73 Å². The predicted octanol–water partition coefficient (Wildman–Crippen LogP) is 1.25. The van der Waals surface area contributed by atoms with Crippen LogP contribution in [-0.4, -0.2) is 18.1 Å². The van der Waals surface area contributed by atoms with E-state index in [-0.39, 0.29) is 0 Å². The molecule has 2 aliphatic rings. The van der Waals surface area contributed by atoms with Crippen molar-refractivity contribution in [3.05, 3.63) is 0 Å². The topological polar surface area (TPSA) is 38.0 Å². The fourth-order valence-electron chi connectivity index (χ4n) is 2.96. The van der Waals surface area contributed by atoms with Gasteiger partial charge in [-0.3, -0.25) is 0 Å². The fourth-order valence-corrected chi connectivity index (χ4v) is 2.96. The van der Waals surface area contributed by atoms with Gasteiger partial charge in [0, 0.05) is 18.1 Å². The minimum Gasteiger partial charge on any atom is -0.328 e. The van der Waals surface area contributed by atoms with Gasteiger partial charge in [0.2, 0.25) is 0 Å². The van der Waals surface area contributed by atoms with Gasteiger partial charge in [-0.15, -0.1) is 0 Å². The molecule has 2 rings (SSSR count). The third-order valence-electron chi connectivity index (χ3n) is 3.32. The summed E-state index contributed by atoms with van der Waals surface area (Å²) in [6.45, 7) is 4.44. The first-order valence-corrected chi connectivity index (χ1v) is 5.11. The van der Waals surface area contributed by atoms with E-state index in [9.17, 15) is 0 Å². The van der Waals surface area contributed by atoms with Crippen LogP contribution < -0.4 is 11.1 Å². The molecule has 0 aromatic rings. The highest BCUT2D eigenvalue weighted by Crippen LogP contribution is 2.55. The maximum absolute atomic E-state index is 5.79. The Morgan fingerprint density at radius 3 is 2.25 bits per heavy atom. The van der Waals surface area contributed by atoms with Crippen molar-refractivity contribution in [2.75, 3.05) is 0 Å². The molecule has 2 nitrogen and oxygen atoms in total. The van der Waals surface area contributed by atoms with E-state index in [2.05, 4.69) is 19.2 Å². The lowest BCUT2D eigenvalue weighted by Crippen LogP contribution is -2.59. The normalized spacial score (nSPS) is 46.0. The Kier molecular flexibility index (Phi) is 1.92. The molecule has 2 fully saturated rings. The van der Waals surface area contributed by atoms with Crippen molar-refractivity contribution in [1.82, 2.24) is 5.32 Å². The molecule has 0 aliphatic heterocycles. The number of hydrogen-bond acceptors (Lipinski definition) is 2. The molecule has 0 aromatic heterocycles. The zero-order valence-electron chi connectivity index (χ0n) is 8.14. The third kappa shape index (κ3) is 1.38. The molecule has 2 saturated carbocycles. The maximum Gasteiger partial charge on any atom is 0.00800 e. The van der Waals surface area contributed by atoms with E-state index >= 15 is 0 Å². The average molecular weight is 168 g/mol. The lowest BCUT2D eigenvalue weighted by Gasteiger charge is -2.57. The van der Waals surface area contributed by atoms with Crippen LogP contribution in [0.15, 0.2) is 0 Å². The standard InChI is InChI=1S/C10H20N2/c1-7(2)12-9-5-10(6-9)3-8(11)4-10/h7-9,12H,3-6,11H2,1-2H3. The van der Waals surface area contributed by atoms with Gasteiger partial charge in [-0.2, -0.15) is 0 Å². The zero-order valence-corrected chi connectivity index (χ0v) is 8.14. The summed E-state index contributed by atoms with van der Waals surface area (Å²) in [6.07, 6.45) is 5.31. The number of nitrogens with two attached hydrogens (primary N) is 1. The van der Waals surface area contributed by atoms with Crippen LogP contribution in [0.4, 0.5) is 0 Å². The summed E-state index contributed by atoms with van der Waals surface area (Å²) in [5.41, 5.74) is 6.48. The van der Waals surface area contributed by atoms with Gasteiger partial charge in [-0.05, 0) is 31.1 Å². The molecule has 0 heterocycles. The highest BCUT2D eigenvalue weighted by Gasteiger charge is 2.51. The molecule has 0 radical (unpaired) electrons. The highest BCUT2D eigenvalue weighted by atomic mass is 15.0. The first kappa shape index (κ1) is 8.52. The van der Waals surface area contributed by atoms with Crippen molar-refractivity contribution < 1.29 is 0 Å². The van der Waals surface area contributed by atoms with Crippen LogP contribution in [0.5, 0.6) is 0 Å². The maximum atomic E-state index is 5.79. The molecule has 0 unspecified atom stereocenters. The van der Waals surface area contributed by atoms with Crippen LogP contribution in [0.2, 0.25) is 0 Å². The van der Waals surface area contributed by atoms with Gasteiger partial charge < -0.3 is 11.1 Å². The first-order valence-electron chi connectivity index (χ1n) is 5.11. The quantitative estimate of drug-likeness (QED) is 0.651. The first-order chi connectivity index (χ1) is 5.60. The SMILES string of the molecule is CC(C)NC1CC2(CC(N)C2)C1. The van der Waals surface area contributed by atoms with Gasteiger partial charge in [0.05, 0.1) is 0 Å². The number of nitrogens with one attached hydrogen (secondary N) is 1. The van der Waals surface area contributed by atoms with Gasteiger partial charge in [0.1, 0.15) is 0 Å². The summed E-state index contributed by atoms with van der Waals surface area (Å²) in [5.74, 6) is 0. The summed E-state index contributed by atoms with van der Waals surface area (Å²) >= 11 is 0. The van der Waals surface area contributed by atoms with E-state index in [1.54, 1.807) is 0 Å². The second kappa shape index (κ2) is 2.71. The van der Waals surface area contributed by atoms with Gasteiger partial charge in [0.25, 0.3) is 0 Å². The second-order valence-corrected chi connectivity index (χ2v) is 5.09. The Morgan fingerprint density at radius 2 is 1.83 bits per heavy atom. The van der Waals surface area contributed by atoms with E-state index in [1.165, 1.54) is 25.7 Å². The average Bonchev–Trinajstić information content (AvgIpc) is 1.78. The molecule has 0 amide bonds. The zero-order chi connectivity index (χ0) is 8.77. The van der Waals surface area contributed by atoms with E-state index in [0.29, 0.717) is 17.5 Å². The molecular formula is C10H20N2. The molecule has 12 heavy (non-hydrogen) atoms. The lowest BCUT2D eigenvalue weighted by atomic mass is 9.52. The lowest BCUT2D eigenvalue weighted by molar-refractivity contribution is -0.0202. The van der Waals surface area contributed by atoms with Crippen LogP contribution in [-0.2, 0) is 0 Å². The Morgan fingerprint density at radius 1 is 1.25 bits per heavy atom. The minimum atomic E-state index is 0.519. The fraction of sp³-hybridized carbons (Fsp3) is 1.00. The van der Waals surface area contributed by atoms with Crippen molar-refractivity contribution >= 4 is 0 Å². The second-order valence-electron chi connectivity index (χ2n) is 5.09. The Bertz CT molecular complexity index is 163. The summed E-state index contributed by atoms with van der Waals surface area (Å²) in [5, 5.41) is 3.58. The van der Waals surface area contributed by atoms with Crippen molar-refractivity contribution in [3.63, 3.8) is 0 Å². The Hall–Kier alpha value is -0.0800. The van der Waals surface area contributed by atoms with Crippen molar-refractivity contribution in [2.45, 2.75) is 57.7 Å². The summed E-state index contributed by atoms with van der Waals surface area (Å²) in [6, 6.07) is 1.95. The molecule has 2 aliphatic carbocycles. The minimum absolute atomic E-state index is 0.519. The number of hydrogen-bond donors (Lipinski definition) is 2. The molecule has 0 saturated heterocycles. The van der Waals surface area contributed by atoms with Crippen LogP contribution in [0, 0.1) is 5.41 Å². The smallest absolute Gasteiger partial charge is 0.00800 e. The summed E-state index contributed by atoms with van der Waals surface area (Å²) in [4.78, 5) is 0. The molecule has 70 valence electrons. The van der Waals surface area contributed by atoms with Gasteiger partial charge in [-0.1, -0.05) is 13.8 Å². The van der Waals surface area contributed by atoms with Crippen molar-refractivity contribution in [1.29, 1.82) is 0 Å². The number of rotatable bonds is 2. The van der Waals surface area contributed by atoms with Gasteiger partial charge in [0.15, 0.2) is 0 Å². The van der Waals surface area contributed by atoms with Crippen LogP contribution >= 0.6 is 0 Å². The monoisotopic (exact) mass is 168 g/mol. The summed E-state index contributed by atoms with van der Waals surface area (Å²) < 4.78 is 0. The van der Waals surface area contributed by atoms with Gasteiger partial charge in [-0.25, -0.2) is 0 Å². The largest absolute Gasteiger partial charge is 0.328 e. The Balaban J connectivity index is 1.70. The molecule has 3 N–H and O–H groups in total. The molecule has 0 atom stereocenters.